The average Bonchev–Trinajstić information content (AvgIpc) is 3.58. The molecule has 0 spiro atoms. The molecule has 32 heavy (non-hydrogen) atoms. The highest BCUT2D eigenvalue weighted by atomic mass is 19.4. The third kappa shape index (κ3) is 6.35. The zero-order chi connectivity index (χ0) is 23.3. The first-order valence-electron chi connectivity index (χ1n) is 10.3. The predicted molar refractivity (Wildman–Crippen MR) is 114 cm³/mol. The van der Waals surface area contributed by atoms with Crippen LogP contribution >= 0.6 is 0 Å². The van der Waals surface area contributed by atoms with Gasteiger partial charge < -0.3 is 20.2 Å². The number of alkyl halides is 3. The van der Waals surface area contributed by atoms with Crippen molar-refractivity contribution in [2.75, 3.05) is 36.0 Å². The molecule has 10 heteroatoms. The molecule has 1 aromatic carbocycles. The van der Waals surface area contributed by atoms with Crippen LogP contribution in [0.4, 0.5) is 24.7 Å². The number of halogens is 3. The van der Waals surface area contributed by atoms with Crippen LogP contribution in [-0.2, 0) is 4.79 Å². The van der Waals surface area contributed by atoms with Crippen molar-refractivity contribution in [1.29, 1.82) is 0 Å². The number of piperazine rings is 1. The molecule has 172 valence electrons. The van der Waals surface area contributed by atoms with E-state index in [0.717, 1.165) is 44.8 Å². The van der Waals surface area contributed by atoms with Crippen LogP contribution in [0, 0.1) is 6.92 Å². The largest absolute Gasteiger partial charge is 0.490 e. The van der Waals surface area contributed by atoms with Gasteiger partial charge in [-0.15, -0.1) is 0 Å². The van der Waals surface area contributed by atoms with E-state index in [2.05, 4.69) is 51.3 Å². The number of carboxylic acids is 1. The maximum atomic E-state index is 12.0. The summed E-state index contributed by atoms with van der Waals surface area (Å²) in [6.07, 6.45) is -1.19. The molecule has 2 aliphatic rings. The molecule has 1 saturated carbocycles. The lowest BCUT2D eigenvalue weighted by atomic mass is 10.1. The highest BCUT2D eigenvalue weighted by Crippen LogP contribution is 2.23. The number of anilines is 2. The zero-order valence-corrected chi connectivity index (χ0v) is 17.6. The van der Waals surface area contributed by atoms with Gasteiger partial charge in [0.25, 0.3) is 5.91 Å². The molecule has 7 nitrogen and oxygen atoms in total. The molecule has 1 aliphatic carbocycles. The molecule has 1 aliphatic heterocycles. The highest BCUT2D eigenvalue weighted by Gasteiger charge is 2.38. The summed E-state index contributed by atoms with van der Waals surface area (Å²) in [4.78, 5) is 30.2. The Morgan fingerprint density at radius 2 is 1.62 bits per heavy atom. The number of carboxylic acid groups (broad SMARTS) is 1. The fourth-order valence-electron chi connectivity index (χ4n) is 3.30. The molecular formula is C22H25F3N4O3. The monoisotopic (exact) mass is 450 g/mol. The van der Waals surface area contributed by atoms with E-state index in [4.69, 9.17) is 9.90 Å². The Morgan fingerprint density at radius 1 is 1.03 bits per heavy atom. The number of aromatic nitrogens is 1. The summed E-state index contributed by atoms with van der Waals surface area (Å²) in [5.74, 6) is -1.81. The third-order valence-electron chi connectivity index (χ3n) is 5.22. The normalized spacial score (nSPS) is 16.1. The third-order valence-corrected chi connectivity index (χ3v) is 5.22. The maximum absolute atomic E-state index is 12.0. The second-order valence-corrected chi connectivity index (χ2v) is 7.72. The van der Waals surface area contributed by atoms with E-state index in [-0.39, 0.29) is 5.91 Å². The Morgan fingerprint density at radius 3 is 2.12 bits per heavy atom. The van der Waals surface area contributed by atoms with Crippen molar-refractivity contribution in [2.24, 2.45) is 0 Å². The number of hydrogen-bond acceptors (Lipinski definition) is 5. The number of amides is 1. The average molecular weight is 450 g/mol. The van der Waals surface area contributed by atoms with Crippen molar-refractivity contribution in [3.05, 3.63) is 53.7 Å². The van der Waals surface area contributed by atoms with E-state index >= 15 is 0 Å². The summed E-state index contributed by atoms with van der Waals surface area (Å²) < 4.78 is 31.7. The molecule has 4 rings (SSSR count). The smallest absolute Gasteiger partial charge is 0.475 e. The van der Waals surface area contributed by atoms with Gasteiger partial charge in [0.1, 0.15) is 5.82 Å². The molecule has 0 radical (unpaired) electrons. The maximum Gasteiger partial charge on any atom is 0.490 e. The van der Waals surface area contributed by atoms with E-state index in [0.29, 0.717) is 11.6 Å². The molecule has 0 unspecified atom stereocenters. The SMILES string of the molecule is Cc1ccccc1N1CCN(c2ccc(C(=O)NC3CC3)cn2)CC1.O=C(O)C(F)(F)F. The summed E-state index contributed by atoms with van der Waals surface area (Å²) >= 11 is 0. The van der Waals surface area contributed by atoms with Gasteiger partial charge in [-0.05, 0) is 43.5 Å². The van der Waals surface area contributed by atoms with E-state index in [1.165, 1.54) is 11.3 Å². The van der Waals surface area contributed by atoms with Gasteiger partial charge in [0.2, 0.25) is 0 Å². The molecule has 2 aromatic rings. The molecule has 1 amide bonds. The lowest BCUT2D eigenvalue weighted by Crippen LogP contribution is -2.47. The van der Waals surface area contributed by atoms with Crippen LogP contribution in [0.1, 0.15) is 28.8 Å². The zero-order valence-electron chi connectivity index (χ0n) is 17.6. The van der Waals surface area contributed by atoms with Gasteiger partial charge in [0.05, 0.1) is 5.56 Å². The first-order chi connectivity index (χ1) is 15.1. The number of benzene rings is 1. The second-order valence-electron chi connectivity index (χ2n) is 7.72. The van der Waals surface area contributed by atoms with Gasteiger partial charge in [-0.1, -0.05) is 18.2 Å². The minimum absolute atomic E-state index is 0.00841. The van der Waals surface area contributed by atoms with Crippen LogP contribution < -0.4 is 15.1 Å². The van der Waals surface area contributed by atoms with Crippen molar-refractivity contribution < 1.29 is 27.9 Å². The van der Waals surface area contributed by atoms with Crippen LogP contribution in [0.3, 0.4) is 0 Å². The number of pyridine rings is 1. The standard InChI is InChI=1S/C20H24N4O.C2HF3O2/c1-15-4-2-3-5-18(15)23-10-12-24(13-11-23)19-9-6-16(14-21-19)20(25)22-17-7-8-17;3-2(4,5)1(6)7/h2-6,9,14,17H,7-8,10-13H2,1H3,(H,22,25);(H,6,7). The Labute approximate surface area is 183 Å². The van der Waals surface area contributed by atoms with Crippen LogP contribution in [0.5, 0.6) is 0 Å². The Balaban J connectivity index is 0.000000360. The molecule has 2 heterocycles. The highest BCUT2D eigenvalue weighted by molar-refractivity contribution is 5.94. The molecule has 0 bridgehead atoms. The van der Waals surface area contributed by atoms with Gasteiger partial charge in [-0.3, -0.25) is 4.79 Å². The fourth-order valence-corrected chi connectivity index (χ4v) is 3.30. The van der Waals surface area contributed by atoms with Crippen molar-refractivity contribution in [3.8, 4) is 0 Å². The summed E-state index contributed by atoms with van der Waals surface area (Å²) in [6.45, 7) is 6.01. The minimum Gasteiger partial charge on any atom is -0.475 e. The summed E-state index contributed by atoms with van der Waals surface area (Å²) in [5.41, 5.74) is 3.29. The number of aryl methyl sites for hydroxylation is 1. The van der Waals surface area contributed by atoms with E-state index < -0.39 is 12.1 Å². The summed E-state index contributed by atoms with van der Waals surface area (Å²) in [7, 11) is 0. The van der Waals surface area contributed by atoms with Gasteiger partial charge in [0, 0.05) is 44.1 Å². The fraction of sp³-hybridized carbons (Fsp3) is 0.409. The summed E-state index contributed by atoms with van der Waals surface area (Å²) in [5, 5.41) is 10.1. The number of para-hydroxylation sites is 1. The van der Waals surface area contributed by atoms with Crippen LogP contribution in [-0.4, -0.2) is 60.4 Å². The topological polar surface area (TPSA) is 85.8 Å². The molecule has 0 atom stereocenters. The molecule has 1 saturated heterocycles. The van der Waals surface area contributed by atoms with Gasteiger partial charge >= 0.3 is 12.1 Å². The van der Waals surface area contributed by atoms with Crippen LogP contribution in [0.25, 0.3) is 0 Å². The van der Waals surface area contributed by atoms with Crippen molar-refractivity contribution in [2.45, 2.75) is 32.0 Å². The van der Waals surface area contributed by atoms with Crippen LogP contribution in [0.2, 0.25) is 0 Å². The lowest BCUT2D eigenvalue weighted by molar-refractivity contribution is -0.192. The van der Waals surface area contributed by atoms with E-state index in [9.17, 15) is 18.0 Å². The molecule has 2 N–H and O–H groups in total. The van der Waals surface area contributed by atoms with Gasteiger partial charge in [0.15, 0.2) is 0 Å². The number of carbonyl (C=O) groups is 2. The predicted octanol–water partition coefficient (Wildman–Crippen LogP) is 3.24. The first kappa shape index (κ1) is 23.4. The van der Waals surface area contributed by atoms with Crippen LogP contribution in [0.15, 0.2) is 42.6 Å². The van der Waals surface area contributed by atoms with Crippen molar-refractivity contribution >= 4 is 23.4 Å². The number of rotatable bonds is 4. The number of nitrogens with one attached hydrogen (secondary N) is 1. The van der Waals surface area contributed by atoms with E-state index in [1.54, 1.807) is 6.20 Å². The second kappa shape index (κ2) is 9.88. The Kier molecular flexibility index (Phi) is 7.22. The quantitative estimate of drug-likeness (QED) is 0.744. The summed E-state index contributed by atoms with van der Waals surface area (Å²) in [6, 6.07) is 12.8. The lowest BCUT2D eigenvalue weighted by Gasteiger charge is -2.37. The molecular weight excluding hydrogens is 425 g/mol. The van der Waals surface area contributed by atoms with Crippen molar-refractivity contribution in [3.63, 3.8) is 0 Å². The number of aliphatic carboxylic acids is 1. The Hall–Kier alpha value is -3.30. The van der Waals surface area contributed by atoms with E-state index in [1.807, 2.05) is 12.1 Å². The Bertz CT molecular complexity index is 938. The minimum atomic E-state index is -5.08. The molecule has 2 fully saturated rings. The number of hydrogen-bond donors (Lipinski definition) is 2. The molecule has 1 aromatic heterocycles. The number of nitrogens with zero attached hydrogens (tertiary/aromatic N) is 3. The number of carbonyl (C=O) groups excluding carboxylic acids is 1. The van der Waals surface area contributed by atoms with Crippen molar-refractivity contribution in [1.82, 2.24) is 10.3 Å². The van der Waals surface area contributed by atoms with Gasteiger partial charge in [-0.2, -0.15) is 13.2 Å². The van der Waals surface area contributed by atoms with Gasteiger partial charge in [-0.25, -0.2) is 9.78 Å². The first-order valence-corrected chi connectivity index (χ1v) is 10.3.